The minimum absolute atomic E-state index is 0.0160. The van der Waals surface area contributed by atoms with Gasteiger partial charge in [-0.05, 0) is 26.8 Å². The van der Waals surface area contributed by atoms with Crippen LogP contribution in [0.1, 0.15) is 31.1 Å². The van der Waals surface area contributed by atoms with Crippen LogP contribution in [-0.4, -0.2) is 35.9 Å². The van der Waals surface area contributed by atoms with E-state index in [4.69, 9.17) is 11.6 Å². The number of pyridine rings is 1. The monoisotopic (exact) mass is 298 g/mol. The highest BCUT2D eigenvalue weighted by molar-refractivity contribution is 6.33. The maximum Gasteiger partial charge on any atom is 0.253 e. The molecule has 6 nitrogen and oxygen atoms in total. The summed E-state index contributed by atoms with van der Waals surface area (Å²) in [4.78, 5) is 27.8. The minimum atomic E-state index is -0.646. The molecule has 1 rings (SSSR count). The number of nitrogens with zero attached hydrogens (tertiary/aromatic N) is 1. The van der Waals surface area contributed by atoms with Crippen molar-refractivity contribution in [1.29, 1.82) is 0 Å². The van der Waals surface area contributed by atoms with Gasteiger partial charge >= 0.3 is 0 Å². The first kappa shape index (κ1) is 16.2. The minimum Gasteiger partial charge on any atom is -0.373 e. The van der Waals surface area contributed by atoms with Crippen LogP contribution in [0.5, 0.6) is 0 Å². The number of halogens is 1. The first-order valence-electron chi connectivity index (χ1n) is 6.29. The van der Waals surface area contributed by atoms with Crippen molar-refractivity contribution in [2.45, 2.75) is 32.9 Å². The summed E-state index contributed by atoms with van der Waals surface area (Å²) in [6, 6.07) is 0.902. The summed E-state index contributed by atoms with van der Waals surface area (Å²) in [5, 5.41) is 8.38. The van der Waals surface area contributed by atoms with Crippen molar-refractivity contribution in [1.82, 2.24) is 15.6 Å². The molecule has 0 spiro atoms. The maximum absolute atomic E-state index is 12.1. The van der Waals surface area contributed by atoms with Gasteiger partial charge < -0.3 is 16.0 Å². The predicted molar refractivity (Wildman–Crippen MR) is 79.0 cm³/mol. The van der Waals surface area contributed by atoms with Gasteiger partial charge in [0, 0.05) is 19.3 Å². The lowest BCUT2D eigenvalue weighted by atomic mass is 10.2. The number of hydrogen-bond donors (Lipinski definition) is 3. The lowest BCUT2D eigenvalue weighted by Crippen LogP contribution is -2.46. The number of amides is 2. The summed E-state index contributed by atoms with van der Waals surface area (Å²) >= 11 is 5.94. The quantitative estimate of drug-likeness (QED) is 0.768. The number of aromatic nitrogens is 1. The van der Waals surface area contributed by atoms with E-state index < -0.39 is 11.9 Å². The van der Waals surface area contributed by atoms with E-state index in [2.05, 4.69) is 20.9 Å². The molecule has 0 bridgehead atoms. The third-order valence-corrected chi connectivity index (χ3v) is 2.83. The molecule has 1 heterocycles. The number of nitrogens with one attached hydrogen (secondary N) is 3. The molecule has 3 N–H and O–H groups in total. The SMILES string of the molecule is CNc1cc(C(=O)NC(C)C(=O)NC(C)C)c(Cl)cn1. The van der Waals surface area contributed by atoms with Crippen LogP contribution in [0.2, 0.25) is 5.02 Å². The molecule has 0 aromatic carbocycles. The molecule has 110 valence electrons. The van der Waals surface area contributed by atoms with E-state index in [0.29, 0.717) is 5.82 Å². The second kappa shape index (κ2) is 7.09. The van der Waals surface area contributed by atoms with Crippen molar-refractivity contribution in [3.8, 4) is 0 Å². The Balaban J connectivity index is 2.78. The highest BCUT2D eigenvalue weighted by Crippen LogP contribution is 2.17. The molecule has 1 aromatic rings. The van der Waals surface area contributed by atoms with E-state index in [1.807, 2.05) is 13.8 Å². The van der Waals surface area contributed by atoms with Crippen LogP contribution in [0.15, 0.2) is 12.3 Å². The van der Waals surface area contributed by atoms with Gasteiger partial charge in [-0.2, -0.15) is 0 Å². The zero-order chi connectivity index (χ0) is 15.3. The van der Waals surface area contributed by atoms with E-state index in [9.17, 15) is 9.59 Å². The van der Waals surface area contributed by atoms with Crippen LogP contribution in [-0.2, 0) is 4.79 Å². The summed E-state index contributed by atoms with van der Waals surface area (Å²) in [6.07, 6.45) is 1.39. The Labute approximate surface area is 123 Å². The molecular formula is C13H19ClN4O2. The maximum atomic E-state index is 12.1. The summed E-state index contributed by atoms with van der Waals surface area (Å²) in [6.45, 7) is 5.32. The Morgan fingerprint density at radius 3 is 2.45 bits per heavy atom. The average molecular weight is 299 g/mol. The summed E-state index contributed by atoms with van der Waals surface area (Å²) in [7, 11) is 1.69. The second-order valence-corrected chi connectivity index (χ2v) is 5.07. The molecule has 0 fully saturated rings. The van der Waals surface area contributed by atoms with Gasteiger partial charge in [-0.15, -0.1) is 0 Å². The normalized spacial score (nSPS) is 11.9. The first-order chi connectivity index (χ1) is 9.35. The van der Waals surface area contributed by atoms with Crippen LogP contribution < -0.4 is 16.0 Å². The van der Waals surface area contributed by atoms with Gasteiger partial charge in [0.05, 0.1) is 10.6 Å². The Kier molecular flexibility index (Phi) is 5.76. The zero-order valence-electron chi connectivity index (χ0n) is 12.0. The van der Waals surface area contributed by atoms with Gasteiger partial charge in [0.2, 0.25) is 5.91 Å². The van der Waals surface area contributed by atoms with Gasteiger partial charge in [0.1, 0.15) is 11.9 Å². The van der Waals surface area contributed by atoms with E-state index >= 15 is 0 Å². The first-order valence-corrected chi connectivity index (χ1v) is 6.67. The average Bonchev–Trinajstić information content (AvgIpc) is 2.38. The lowest BCUT2D eigenvalue weighted by Gasteiger charge is -2.16. The largest absolute Gasteiger partial charge is 0.373 e. The molecule has 20 heavy (non-hydrogen) atoms. The van der Waals surface area contributed by atoms with Crippen LogP contribution in [0.25, 0.3) is 0 Å². The van der Waals surface area contributed by atoms with E-state index in [0.717, 1.165) is 0 Å². The standard InChI is InChI=1S/C13H19ClN4O2/c1-7(2)17-12(19)8(3)18-13(20)9-5-11(15-4)16-6-10(9)14/h5-8H,1-4H3,(H,15,16)(H,17,19)(H,18,20). The van der Waals surface area contributed by atoms with Crippen molar-refractivity contribution in [3.63, 3.8) is 0 Å². The summed E-state index contributed by atoms with van der Waals surface area (Å²) in [5.74, 6) is -0.133. The smallest absolute Gasteiger partial charge is 0.253 e. The highest BCUT2D eigenvalue weighted by Gasteiger charge is 2.19. The molecule has 7 heteroatoms. The molecular weight excluding hydrogens is 280 g/mol. The van der Waals surface area contributed by atoms with Crippen LogP contribution in [0.4, 0.5) is 5.82 Å². The number of carbonyl (C=O) groups is 2. The van der Waals surface area contributed by atoms with E-state index in [-0.39, 0.29) is 22.5 Å². The van der Waals surface area contributed by atoms with Gasteiger partial charge in [0.15, 0.2) is 0 Å². The number of hydrogen-bond acceptors (Lipinski definition) is 4. The number of anilines is 1. The van der Waals surface area contributed by atoms with Gasteiger partial charge in [-0.3, -0.25) is 9.59 Å². The number of rotatable bonds is 5. The molecule has 0 aliphatic carbocycles. The Hall–Kier alpha value is -1.82. The topological polar surface area (TPSA) is 83.1 Å². The highest BCUT2D eigenvalue weighted by atomic mass is 35.5. The summed E-state index contributed by atoms with van der Waals surface area (Å²) in [5.41, 5.74) is 0.273. The molecule has 0 aliphatic heterocycles. The van der Waals surface area contributed by atoms with Crippen molar-refractivity contribution in [2.24, 2.45) is 0 Å². The van der Waals surface area contributed by atoms with Gasteiger partial charge in [0.25, 0.3) is 5.91 Å². The molecule has 0 saturated carbocycles. The zero-order valence-corrected chi connectivity index (χ0v) is 12.7. The Morgan fingerprint density at radius 2 is 1.90 bits per heavy atom. The van der Waals surface area contributed by atoms with Crippen LogP contribution >= 0.6 is 11.6 Å². The molecule has 1 atom stereocenters. The molecule has 0 aliphatic rings. The fourth-order valence-electron chi connectivity index (χ4n) is 1.50. The van der Waals surface area contributed by atoms with Crippen LogP contribution in [0, 0.1) is 0 Å². The third kappa shape index (κ3) is 4.38. The van der Waals surface area contributed by atoms with E-state index in [1.165, 1.54) is 12.3 Å². The predicted octanol–water partition coefficient (Wildman–Crippen LogP) is 1.42. The molecule has 1 aromatic heterocycles. The van der Waals surface area contributed by atoms with Crippen molar-refractivity contribution in [3.05, 3.63) is 22.8 Å². The van der Waals surface area contributed by atoms with Crippen molar-refractivity contribution >= 4 is 29.2 Å². The van der Waals surface area contributed by atoms with Crippen molar-refractivity contribution < 1.29 is 9.59 Å². The number of carbonyl (C=O) groups excluding carboxylic acids is 2. The van der Waals surface area contributed by atoms with E-state index in [1.54, 1.807) is 14.0 Å². The third-order valence-electron chi connectivity index (χ3n) is 2.53. The van der Waals surface area contributed by atoms with Gasteiger partial charge in [-0.25, -0.2) is 4.98 Å². The van der Waals surface area contributed by atoms with Crippen molar-refractivity contribution in [2.75, 3.05) is 12.4 Å². The molecule has 0 saturated heterocycles. The Bertz CT molecular complexity index is 505. The molecule has 2 amide bonds. The Morgan fingerprint density at radius 1 is 1.25 bits per heavy atom. The fraction of sp³-hybridized carbons (Fsp3) is 0.462. The summed E-state index contributed by atoms with van der Waals surface area (Å²) < 4.78 is 0. The fourth-order valence-corrected chi connectivity index (χ4v) is 1.69. The van der Waals surface area contributed by atoms with Gasteiger partial charge in [-0.1, -0.05) is 11.6 Å². The lowest BCUT2D eigenvalue weighted by molar-refractivity contribution is -0.123. The second-order valence-electron chi connectivity index (χ2n) is 4.66. The van der Waals surface area contributed by atoms with Crippen LogP contribution in [0.3, 0.4) is 0 Å². The molecule has 0 radical (unpaired) electrons. The molecule has 1 unspecified atom stereocenters.